The molecule has 2 N–H and O–H groups in total. The van der Waals surface area contributed by atoms with Crippen molar-refractivity contribution in [2.24, 2.45) is 0 Å². The predicted octanol–water partition coefficient (Wildman–Crippen LogP) is 2.00. The lowest BCUT2D eigenvalue weighted by atomic mass is 10.3. The van der Waals surface area contributed by atoms with Crippen LogP contribution in [0, 0.1) is 0 Å². The van der Waals surface area contributed by atoms with Gasteiger partial charge in [-0.3, -0.25) is 14.4 Å². The second kappa shape index (κ2) is 10.4. The minimum absolute atomic E-state index is 0.106. The molecule has 1 heterocycles. The maximum absolute atomic E-state index is 12.2. The van der Waals surface area contributed by atoms with Crippen LogP contribution in [0.2, 0.25) is 0 Å². The maximum Gasteiger partial charge on any atom is 0.243 e. The van der Waals surface area contributed by atoms with Crippen LogP contribution in [-0.4, -0.2) is 48.2 Å². The quantitative estimate of drug-likeness (QED) is 0.619. The largest absolute Gasteiger partial charge is 0.497 e. The van der Waals surface area contributed by atoms with Crippen molar-refractivity contribution in [1.82, 2.24) is 10.2 Å². The van der Waals surface area contributed by atoms with Crippen molar-refractivity contribution in [2.75, 3.05) is 25.5 Å². The number of alkyl halides is 1. The average molecular weight is 408 g/mol. The molecule has 1 atom stereocenters. The molecule has 28 heavy (non-hydrogen) atoms. The van der Waals surface area contributed by atoms with E-state index < -0.39 is 23.1 Å². The zero-order valence-corrected chi connectivity index (χ0v) is 16.4. The van der Waals surface area contributed by atoms with Gasteiger partial charge in [0, 0.05) is 5.69 Å². The van der Waals surface area contributed by atoms with Gasteiger partial charge in [0.2, 0.25) is 17.7 Å². The summed E-state index contributed by atoms with van der Waals surface area (Å²) in [5.41, 5.74) is 0.575. The van der Waals surface area contributed by atoms with Crippen LogP contribution in [0.1, 0.15) is 12.7 Å². The van der Waals surface area contributed by atoms with Crippen molar-refractivity contribution in [2.45, 2.75) is 18.8 Å². The highest BCUT2D eigenvalue weighted by Crippen LogP contribution is 2.14. The van der Waals surface area contributed by atoms with Gasteiger partial charge in [-0.1, -0.05) is 0 Å². The summed E-state index contributed by atoms with van der Waals surface area (Å²) >= 11 is 5.86. The molecule has 150 valence electrons. The number of hydrogen-bond acceptors (Lipinski definition) is 5. The number of ether oxygens (including phenoxy) is 1. The Morgan fingerprint density at radius 1 is 1.18 bits per heavy atom. The number of benzene rings is 1. The lowest BCUT2D eigenvalue weighted by Crippen LogP contribution is -2.44. The minimum atomic E-state index is -0.791. The van der Waals surface area contributed by atoms with E-state index in [0.717, 1.165) is 0 Å². The fraction of sp³-hybridized carbons (Fsp3) is 0.316. The number of nitrogens with zero attached hydrogens (tertiary/aromatic N) is 1. The van der Waals surface area contributed by atoms with Crippen LogP contribution in [0.15, 0.2) is 47.1 Å². The first-order chi connectivity index (χ1) is 13.4. The van der Waals surface area contributed by atoms with E-state index in [2.05, 4.69) is 10.6 Å². The van der Waals surface area contributed by atoms with Crippen molar-refractivity contribution in [3.8, 4) is 5.75 Å². The van der Waals surface area contributed by atoms with Crippen molar-refractivity contribution in [1.29, 1.82) is 0 Å². The number of anilines is 1. The summed E-state index contributed by atoms with van der Waals surface area (Å²) < 4.78 is 10.3. The van der Waals surface area contributed by atoms with E-state index in [4.69, 9.17) is 20.8 Å². The number of amides is 3. The highest BCUT2D eigenvalue weighted by Gasteiger charge is 2.22. The Morgan fingerprint density at radius 3 is 2.46 bits per heavy atom. The van der Waals surface area contributed by atoms with Gasteiger partial charge in [-0.15, -0.1) is 11.6 Å². The monoisotopic (exact) mass is 407 g/mol. The van der Waals surface area contributed by atoms with Crippen LogP contribution in [0.25, 0.3) is 0 Å². The standard InChI is InChI=1S/C19H22ClN3O5/c1-13(20)19(26)23(11-16-4-3-9-28-16)12-18(25)21-10-17(24)22-14-5-7-15(27-2)8-6-14/h3-9,13H,10-12H2,1-2H3,(H,21,25)(H,22,24). The smallest absolute Gasteiger partial charge is 0.243 e. The number of furan rings is 1. The summed E-state index contributed by atoms with van der Waals surface area (Å²) in [6.45, 7) is 1.16. The van der Waals surface area contributed by atoms with Gasteiger partial charge in [0.05, 0.1) is 26.5 Å². The Balaban J connectivity index is 1.85. The SMILES string of the molecule is COc1ccc(NC(=O)CNC(=O)CN(Cc2ccco2)C(=O)C(C)Cl)cc1. The van der Waals surface area contributed by atoms with Crippen LogP contribution in [-0.2, 0) is 20.9 Å². The molecule has 0 saturated heterocycles. The molecule has 8 nitrogen and oxygen atoms in total. The highest BCUT2D eigenvalue weighted by atomic mass is 35.5. The minimum Gasteiger partial charge on any atom is -0.497 e. The first-order valence-corrected chi connectivity index (χ1v) is 8.98. The number of nitrogens with one attached hydrogen (secondary N) is 2. The second-order valence-corrected chi connectivity index (χ2v) is 6.60. The third kappa shape index (κ3) is 6.62. The molecule has 0 spiro atoms. The van der Waals surface area contributed by atoms with Crippen LogP contribution in [0.4, 0.5) is 5.69 Å². The van der Waals surface area contributed by atoms with E-state index in [1.165, 1.54) is 18.1 Å². The molecular weight excluding hydrogens is 386 g/mol. The average Bonchev–Trinajstić information content (AvgIpc) is 3.19. The van der Waals surface area contributed by atoms with Gasteiger partial charge in [-0.05, 0) is 43.3 Å². The highest BCUT2D eigenvalue weighted by molar-refractivity contribution is 6.30. The van der Waals surface area contributed by atoms with Crippen LogP contribution in [0.5, 0.6) is 5.75 Å². The Kier molecular flexibility index (Phi) is 7.88. The molecule has 0 fully saturated rings. The Hall–Kier alpha value is -3.00. The van der Waals surface area contributed by atoms with E-state index in [1.807, 2.05) is 0 Å². The Bertz CT molecular complexity index is 790. The van der Waals surface area contributed by atoms with Crippen molar-refractivity contribution >= 4 is 35.0 Å². The first kappa shape index (κ1) is 21.3. The molecular formula is C19H22ClN3O5. The molecule has 0 aliphatic heterocycles. The molecule has 1 aromatic heterocycles. The van der Waals surface area contributed by atoms with Crippen molar-refractivity contribution < 1.29 is 23.5 Å². The molecule has 1 aromatic carbocycles. The Labute approximate surface area is 167 Å². The zero-order chi connectivity index (χ0) is 20.5. The first-order valence-electron chi connectivity index (χ1n) is 8.55. The summed E-state index contributed by atoms with van der Waals surface area (Å²) in [6, 6.07) is 10.2. The molecule has 2 aromatic rings. The van der Waals surface area contributed by atoms with E-state index in [9.17, 15) is 14.4 Å². The van der Waals surface area contributed by atoms with Crippen molar-refractivity contribution in [3.05, 3.63) is 48.4 Å². The van der Waals surface area contributed by atoms with Crippen LogP contribution in [0.3, 0.4) is 0 Å². The molecule has 9 heteroatoms. The van der Waals surface area contributed by atoms with Gasteiger partial charge >= 0.3 is 0 Å². The number of carbonyl (C=O) groups is 3. The number of carbonyl (C=O) groups excluding carboxylic acids is 3. The van der Waals surface area contributed by atoms with E-state index in [-0.39, 0.29) is 19.6 Å². The molecule has 3 amide bonds. The zero-order valence-electron chi connectivity index (χ0n) is 15.6. The molecule has 0 bridgehead atoms. The second-order valence-electron chi connectivity index (χ2n) is 5.94. The van der Waals surface area contributed by atoms with Crippen LogP contribution < -0.4 is 15.4 Å². The third-order valence-corrected chi connectivity index (χ3v) is 3.92. The number of hydrogen-bond donors (Lipinski definition) is 2. The summed E-state index contributed by atoms with van der Waals surface area (Å²) in [4.78, 5) is 37.6. The normalized spacial score (nSPS) is 11.4. The number of rotatable bonds is 9. The van der Waals surface area contributed by atoms with Gasteiger partial charge in [0.1, 0.15) is 23.4 Å². The van der Waals surface area contributed by atoms with Gasteiger partial charge in [-0.2, -0.15) is 0 Å². The predicted molar refractivity (Wildman–Crippen MR) is 104 cm³/mol. The van der Waals surface area contributed by atoms with E-state index in [1.54, 1.807) is 43.5 Å². The van der Waals surface area contributed by atoms with Gasteiger partial charge in [0.15, 0.2) is 0 Å². The molecule has 0 radical (unpaired) electrons. The fourth-order valence-electron chi connectivity index (χ4n) is 2.34. The van der Waals surface area contributed by atoms with E-state index >= 15 is 0 Å². The topological polar surface area (TPSA) is 101 Å². The summed E-state index contributed by atoms with van der Waals surface area (Å²) in [5.74, 6) is -0.0944. The summed E-state index contributed by atoms with van der Waals surface area (Å²) in [7, 11) is 1.55. The van der Waals surface area contributed by atoms with E-state index in [0.29, 0.717) is 17.2 Å². The number of halogens is 1. The van der Waals surface area contributed by atoms with Gasteiger partial charge in [-0.25, -0.2) is 0 Å². The van der Waals surface area contributed by atoms with Crippen molar-refractivity contribution in [3.63, 3.8) is 0 Å². The van der Waals surface area contributed by atoms with Crippen LogP contribution >= 0.6 is 11.6 Å². The molecule has 2 rings (SSSR count). The lowest BCUT2D eigenvalue weighted by molar-refractivity contribution is -0.136. The molecule has 1 unspecified atom stereocenters. The number of methoxy groups -OCH3 is 1. The fourth-order valence-corrected chi connectivity index (χ4v) is 2.48. The summed E-state index contributed by atoms with van der Waals surface area (Å²) in [5, 5.41) is 4.35. The molecule has 0 saturated carbocycles. The maximum atomic E-state index is 12.2. The lowest BCUT2D eigenvalue weighted by Gasteiger charge is -2.22. The Morgan fingerprint density at radius 2 is 1.89 bits per heavy atom. The van der Waals surface area contributed by atoms with Gasteiger partial charge < -0.3 is 24.7 Å². The van der Waals surface area contributed by atoms with Gasteiger partial charge in [0.25, 0.3) is 0 Å². The third-order valence-electron chi connectivity index (χ3n) is 3.73. The molecule has 0 aliphatic rings. The summed E-state index contributed by atoms with van der Waals surface area (Å²) in [6.07, 6.45) is 1.48. The molecule has 0 aliphatic carbocycles.